The Kier molecular flexibility index (Phi) is 6.64. The third-order valence-corrected chi connectivity index (χ3v) is 4.26. The number of ether oxygens (including phenoxy) is 1. The highest BCUT2D eigenvalue weighted by molar-refractivity contribution is 9.11. The molecular weight excluding hydrogens is 440 g/mol. The van der Waals surface area contributed by atoms with Crippen molar-refractivity contribution in [3.05, 3.63) is 57.0 Å². The lowest BCUT2D eigenvalue weighted by molar-refractivity contribution is 0.0925. The standard InChI is InChI=1S/C17H14Br2N2O3/c18-11-5-6-16(14(19)9-11)24-12(7-8-20)10-21-17(23)13-3-1-2-4-15(13)22/h1-6,9,12,22H,7,10H2,(H,21,23)/t12-/m0/s1. The SMILES string of the molecule is N#CC[C@@H](CNC(=O)c1ccccc1O)Oc1ccc(Br)cc1Br. The molecule has 0 bridgehead atoms. The van der Waals surface area contributed by atoms with Crippen molar-refractivity contribution in [2.45, 2.75) is 12.5 Å². The fraction of sp³-hybridized carbons (Fsp3) is 0.176. The molecule has 0 aliphatic rings. The lowest BCUT2D eigenvalue weighted by atomic mass is 10.2. The number of nitriles is 1. The average molecular weight is 454 g/mol. The summed E-state index contributed by atoms with van der Waals surface area (Å²) >= 11 is 6.75. The second-order valence-electron chi connectivity index (χ2n) is 4.90. The molecule has 2 N–H and O–H groups in total. The van der Waals surface area contributed by atoms with Gasteiger partial charge in [0.25, 0.3) is 5.91 Å². The molecule has 2 rings (SSSR count). The molecule has 0 aromatic heterocycles. The largest absolute Gasteiger partial charge is 0.507 e. The molecule has 0 aliphatic carbocycles. The number of phenols is 1. The van der Waals surface area contributed by atoms with E-state index < -0.39 is 12.0 Å². The highest BCUT2D eigenvalue weighted by atomic mass is 79.9. The smallest absolute Gasteiger partial charge is 0.255 e. The monoisotopic (exact) mass is 452 g/mol. The number of benzene rings is 2. The van der Waals surface area contributed by atoms with Crippen molar-refractivity contribution >= 4 is 37.8 Å². The normalized spacial score (nSPS) is 11.4. The van der Waals surface area contributed by atoms with E-state index in [1.807, 2.05) is 18.2 Å². The van der Waals surface area contributed by atoms with Crippen molar-refractivity contribution in [3.8, 4) is 17.6 Å². The van der Waals surface area contributed by atoms with E-state index in [4.69, 9.17) is 10.00 Å². The molecule has 0 saturated heterocycles. The van der Waals surface area contributed by atoms with Crippen LogP contribution in [0.1, 0.15) is 16.8 Å². The Labute approximate surface area is 156 Å². The minimum atomic E-state index is -0.512. The van der Waals surface area contributed by atoms with Gasteiger partial charge in [-0.25, -0.2) is 0 Å². The summed E-state index contributed by atoms with van der Waals surface area (Å²) in [5.41, 5.74) is 0.179. The first-order valence-corrected chi connectivity index (χ1v) is 8.64. The topological polar surface area (TPSA) is 82.4 Å². The van der Waals surface area contributed by atoms with Gasteiger partial charge in [-0.2, -0.15) is 5.26 Å². The zero-order chi connectivity index (χ0) is 17.5. The molecule has 1 amide bonds. The minimum absolute atomic E-state index is 0.0941. The van der Waals surface area contributed by atoms with Crippen LogP contribution in [0.5, 0.6) is 11.5 Å². The Morgan fingerprint density at radius 1 is 1.29 bits per heavy atom. The Bertz CT molecular complexity index is 775. The quantitative estimate of drug-likeness (QED) is 0.692. The maximum Gasteiger partial charge on any atom is 0.255 e. The zero-order valence-corrected chi connectivity index (χ0v) is 15.7. The van der Waals surface area contributed by atoms with Crippen LogP contribution in [0.4, 0.5) is 0 Å². The van der Waals surface area contributed by atoms with Gasteiger partial charge in [-0.05, 0) is 46.3 Å². The van der Waals surface area contributed by atoms with Crippen molar-refractivity contribution in [3.63, 3.8) is 0 Å². The summed E-state index contributed by atoms with van der Waals surface area (Å²) in [6.07, 6.45) is -0.397. The maximum absolute atomic E-state index is 12.1. The number of aromatic hydroxyl groups is 1. The lowest BCUT2D eigenvalue weighted by Crippen LogP contribution is -2.35. The molecule has 2 aromatic rings. The Hall–Kier alpha value is -2.04. The van der Waals surface area contributed by atoms with Crippen molar-refractivity contribution in [2.75, 3.05) is 6.54 Å². The van der Waals surface area contributed by atoms with E-state index >= 15 is 0 Å². The molecule has 124 valence electrons. The molecule has 0 heterocycles. The van der Waals surface area contributed by atoms with E-state index in [0.717, 1.165) is 8.95 Å². The molecule has 5 nitrogen and oxygen atoms in total. The van der Waals surface area contributed by atoms with Gasteiger partial charge >= 0.3 is 0 Å². The first-order chi connectivity index (χ1) is 11.5. The van der Waals surface area contributed by atoms with Gasteiger partial charge in [0.1, 0.15) is 17.6 Å². The second kappa shape index (κ2) is 8.71. The van der Waals surface area contributed by atoms with E-state index in [-0.39, 0.29) is 24.3 Å². The van der Waals surface area contributed by atoms with E-state index in [0.29, 0.717) is 5.75 Å². The lowest BCUT2D eigenvalue weighted by Gasteiger charge is -2.18. The first kappa shape index (κ1) is 18.3. The summed E-state index contributed by atoms with van der Waals surface area (Å²) < 4.78 is 7.43. The third-order valence-electron chi connectivity index (χ3n) is 3.15. The number of para-hydroxylation sites is 1. The van der Waals surface area contributed by atoms with Crippen LogP contribution in [0.2, 0.25) is 0 Å². The minimum Gasteiger partial charge on any atom is -0.507 e. The van der Waals surface area contributed by atoms with Gasteiger partial charge in [-0.15, -0.1) is 0 Å². The summed E-state index contributed by atoms with van der Waals surface area (Å²) in [5, 5.41) is 21.3. The fourth-order valence-electron chi connectivity index (χ4n) is 1.98. The Balaban J connectivity index is 2.02. The third kappa shape index (κ3) is 4.98. The number of rotatable bonds is 6. The highest BCUT2D eigenvalue weighted by Gasteiger charge is 2.16. The van der Waals surface area contributed by atoms with Crippen LogP contribution < -0.4 is 10.1 Å². The number of phenolic OH excluding ortho intramolecular Hbond substituents is 1. The van der Waals surface area contributed by atoms with Gasteiger partial charge in [-0.3, -0.25) is 4.79 Å². The Morgan fingerprint density at radius 2 is 2.04 bits per heavy atom. The number of carbonyl (C=O) groups excluding carboxylic acids is 1. The molecule has 0 aliphatic heterocycles. The average Bonchev–Trinajstić information content (AvgIpc) is 2.55. The van der Waals surface area contributed by atoms with Crippen molar-refractivity contribution < 1.29 is 14.6 Å². The summed E-state index contributed by atoms with van der Waals surface area (Å²) in [5.74, 6) is 0.0631. The van der Waals surface area contributed by atoms with Gasteiger partial charge in [0.15, 0.2) is 0 Å². The fourth-order valence-corrected chi connectivity index (χ4v) is 3.12. The highest BCUT2D eigenvalue weighted by Crippen LogP contribution is 2.29. The molecule has 0 fully saturated rings. The van der Waals surface area contributed by atoms with Crippen molar-refractivity contribution in [1.29, 1.82) is 5.26 Å². The zero-order valence-electron chi connectivity index (χ0n) is 12.5. The maximum atomic E-state index is 12.1. The summed E-state index contributed by atoms with van der Waals surface area (Å²) in [6, 6.07) is 13.7. The predicted octanol–water partition coefficient (Wildman–Crippen LogP) is 4.01. The number of amides is 1. The number of carbonyl (C=O) groups is 1. The number of nitrogens with zero attached hydrogens (tertiary/aromatic N) is 1. The van der Waals surface area contributed by atoms with Gasteiger partial charge in [0, 0.05) is 4.47 Å². The van der Waals surface area contributed by atoms with Crippen LogP contribution in [0, 0.1) is 11.3 Å². The van der Waals surface area contributed by atoms with E-state index in [9.17, 15) is 9.90 Å². The molecule has 24 heavy (non-hydrogen) atoms. The second-order valence-corrected chi connectivity index (χ2v) is 6.67. The van der Waals surface area contributed by atoms with E-state index in [1.54, 1.807) is 18.2 Å². The van der Waals surface area contributed by atoms with Crippen LogP contribution in [-0.4, -0.2) is 23.7 Å². The summed E-state index contributed by atoms with van der Waals surface area (Å²) in [7, 11) is 0. The molecule has 0 spiro atoms. The van der Waals surface area contributed by atoms with Crippen LogP contribution in [0.3, 0.4) is 0 Å². The van der Waals surface area contributed by atoms with Crippen molar-refractivity contribution in [1.82, 2.24) is 5.32 Å². The number of hydrogen-bond acceptors (Lipinski definition) is 4. The van der Waals surface area contributed by atoms with Gasteiger partial charge in [-0.1, -0.05) is 28.1 Å². The van der Waals surface area contributed by atoms with Gasteiger partial charge in [0.2, 0.25) is 0 Å². The summed E-state index contributed by atoms with van der Waals surface area (Å²) in [4.78, 5) is 12.1. The molecule has 0 unspecified atom stereocenters. The van der Waals surface area contributed by atoms with Crippen LogP contribution >= 0.6 is 31.9 Å². The van der Waals surface area contributed by atoms with Gasteiger partial charge in [0.05, 0.1) is 29.1 Å². The molecule has 7 heteroatoms. The first-order valence-electron chi connectivity index (χ1n) is 7.06. The van der Waals surface area contributed by atoms with Gasteiger partial charge < -0.3 is 15.2 Å². The van der Waals surface area contributed by atoms with E-state index in [2.05, 4.69) is 37.2 Å². The van der Waals surface area contributed by atoms with E-state index in [1.165, 1.54) is 12.1 Å². The van der Waals surface area contributed by atoms with Crippen LogP contribution in [0.15, 0.2) is 51.4 Å². The van der Waals surface area contributed by atoms with Crippen LogP contribution in [0.25, 0.3) is 0 Å². The number of nitrogens with one attached hydrogen (secondary N) is 1. The predicted molar refractivity (Wildman–Crippen MR) is 96.9 cm³/mol. The molecule has 0 radical (unpaired) electrons. The van der Waals surface area contributed by atoms with Crippen LogP contribution in [-0.2, 0) is 0 Å². The number of hydrogen-bond donors (Lipinski definition) is 2. The van der Waals surface area contributed by atoms with Crippen molar-refractivity contribution in [2.24, 2.45) is 0 Å². The molecule has 0 saturated carbocycles. The molecule has 1 atom stereocenters. The summed E-state index contributed by atoms with van der Waals surface area (Å²) in [6.45, 7) is 0.142. The Morgan fingerprint density at radius 3 is 2.71 bits per heavy atom. The molecular formula is C17H14Br2N2O3. The molecule has 2 aromatic carbocycles. The number of halogens is 2.